The lowest BCUT2D eigenvalue weighted by molar-refractivity contribution is -0.179. The number of nitrogens with zero attached hydrogens (tertiary/aromatic N) is 1. The first-order valence-electron chi connectivity index (χ1n) is 10.7. The Balaban J connectivity index is 1.24. The first-order chi connectivity index (χ1) is 13.9. The first-order valence-corrected chi connectivity index (χ1v) is 10.7. The van der Waals surface area contributed by atoms with E-state index in [4.69, 9.17) is 14.2 Å². The van der Waals surface area contributed by atoms with Crippen LogP contribution < -0.4 is 4.74 Å². The summed E-state index contributed by atoms with van der Waals surface area (Å²) >= 11 is 0. The predicted molar refractivity (Wildman–Crippen MR) is 111 cm³/mol. The smallest absolute Gasteiger partial charge is 0.180 e. The average Bonchev–Trinajstić information content (AvgIpc) is 3.29. The second-order valence-corrected chi connectivity index (χ2v) is 9.71. The summed E-state index contributed by atoms with van der Waals surface area (Å²) in [6.45, 7) is 7.38. The van der Waals surface area contributed by atoms with Crippen molar-refractivity contribution in [1.82, 2.24) is 0 Å². The van der Waals surface area contributed by atoms with Gasteiger partial charge in [0.05, 0.1) is 12.2 Å². The largest absolute Gasteiger partial charge is 0.489 e. The molecule has 4 heteroatoms. The molecule has 3 fully saturated rings. The van der Waals surface area contributed by atoms with Crippen LogP contribution in [-0.2, 0) is 9.47 Å². The van der Waals surface area contributed by atoms with Gasteiger partial charge in [0.1, 0.15) is 12.4 Å². The molecular formula is C25H29NO3. The van der Waals surface area contributed by atoms with Gasteiger partial charge in [0.25, 0.3) is 0 Å². The van der Waals surface area contributed by atoms with E-state index in [1.54, 1.807) is 0 Å². The highest BCUT2D eigenvalue weighted by Gasteiger charge is 2.69. The van der Waals surface area contributed by atoms with E-state index in [1.165, 1.54) is 12.8 Å². The molecule has 0 unspecified atom stereocenters. The fourth-order valence-electron chi connectivity index (χ4n) is 6.35. The lowest BCUT2D eigenvalue weighted by atomic mass is 9.70. The van der Waals surface area contributed by atoms with Gasteiger partial charge in [0, 0.05) is 11.8 Å². The van der Waals surface area contributed by atoms with Crippen LogP contribution in [0.15, 0.2) is 42.5 Å². The van der Waals surface area contributed by atoms with Crippen molar-refractivity contribution in [3.8, 4) is 11.8 Å². The Hall–Kier alpha value is -2.09. The van der Waals surface area contributed by atoms with Gasteiger partial charge in [-0.2, -0.15) is 5.26 Å². The van der Waals surface area contributed by atoms with Crippen LogP contribution in [0, 0.1) is 34.0 Å². The van der Waals surface area contributed by atoms with Crippen molar-refractivity contribution < 1.29 is 14.2 Å². The Morgan fingerprint density at radius 2 is 1.97 bits per heavy atom. The number of nitriles is 1. The molecule has 0 aromatic heterocycles. The minimum Gasteiger partial charge on any atom is -0.489 e. The molecule has 2 bridgehead atoms. The monoisotopic (exact) mass is 391 g/mol. The van der Waals surface area contributed by atoms with Gasteiger partial charge in [0.15, 0.2) is 12.4 Å². The summed E-state index contributed by atoms with van der Waals surface area (Å²) in [5.74, 6) is 2.02. The standard InChI is InChI=1S/C25H29NO3/c1-24(2)20-11-12-25(24,3)23-19(20)13-22(29-23)28-17(14-26)15-27-21-10-6-8-16-7-4-5-9-18(16)21/h4-10,17,19-20,22-23H,11-13,15H2,1-3H3/t17-,19+,20-,22+,23+,25+/m1/s1. The molecule has 4 nitrogen and oxygen atoms in total. The van der Waals surface area contributed by atoms with Crippen molar-refractivity contribution in [2.45, 2.75) is 58.5 Å². The summed E-state index contributed by atoms with van der Waals surface area (Å²) in [7, 11) is 0. The van der Waals surface area contributed by atoms with Crippen LogP contribution in [0.25, 0.3) is 10.8 Å². The van der Waals surface area contributed by atoms with Crippen molar-refractivity contribution in [2.75, 3.05) is 6.61 Å². The second-order valence-electron chi connectivity index (χ2n) is 9.71. The zero-order valence-electron chi connectivity index (χ0n) is 17.4. The molecule has 0 amide bonds. The van der Waals surface area contributed by atoms with Crippen LogP contribution in [0.1, 0.15) is 40.0 Å². The Labute approximate surface area is 172 Å². The van der Waals surface area contributed by atoms with Gasteiger partial charge in [-0.25, -0.2) is 0 Å². The van der Waals surface area contributed by atoms with Gasteiger partial charge in [-0.1, -0.05) is 57.2 Å². The lowest BCUT2D eigenvalue weighted by Gasteiger charge is -2.38. The Kier molecular flexibility index (Phi) is 4.38. The van der Waals surface area contributed by atoms with Gasteiger partial charge in [0.2, 0.25) is 0 Å². The highest BCUT2D eigenvalue weighted by atomic mass is 16.7. The number of rotatable bonds is 5. The van der Waals surface area contributed by atoms with E-state index in [2.05, 4.69) is 39.0 Å². The van der Waals surface area contributed by atoms with Crippen LogP contribution in [-0.4, -0.2) is 25.1 Å². The van der Waals surface area contributed by atoms with E-state index >= 15 is 0 Å². The van der Waals surface area contributed by atoms with E-state index in [9.17, 15) is 5.26 Å². The third-order valence-corrected chi connectivity index (χ3v) is 8.27. The Morgan fingerprint density at radius 3 is 2.76 bits per heavy atom. The maximum absolute atomic E-state index is 9.62. The molecule has 2 saturated carbocycles. The first kappa shape index (κ1) is 18.9. The molecule has 1 heterocycles. The quantitative estimate of drug-likeness (QED) is 0.693. The molecule has 152 valence electrons. The van der Waals surface area contributed by atoms with Crippen LogP contribution in [0.3, 0.4) is 0 Å². The Morgan fingerprint density at radius 1 is 1.17 bits per heavy atom. The molecule has 2 aromatic carbocycles. The molecule has 1 saturated heterocycles. The van der Waals surface area contributed by atoms with Crippen molar-refractivity contribution in [2.24, 2.45) is 22.7 Å². The normalized spacial score (nSPS) is 35.4. The summed E-state index contributed by atoms with van der Waals surface area (Å²) in [5.41, 5.74) is 0.529. The summed E-state index contributed by atoms with van der Waals surface area (Å²) in [4.78, 5) is 0. The molecule has 29 heavy (non-hydrogen) atoms. The summed E-state index contributed by atoms with van der Waals surface area (Å²) in [6, 6.07) is 16.3. The summed E-state index contributed by atoms with van der Waals surface area (Å²) < 4.78 is 18.4. The van der Waals surface area contributed by atoms with Crippen LogP contribution in [0.2, 0.25) is 0 Å². The molecule has 0 radical (unpaired) electrons. The zero-order chi connectivity index (χ0) is 20.2. The molecule has 2 aliphatic carbocycles. The minimum atomic E-state index is -0.642. The lowest BCUT2D eigenvalue weighted by Crippen LogP contribution is -2.38. The van der Waals surface area contributed by atoms with Crippen molar-refractivity contribution in [3.63, 3.8) is 0 Å². The molecule has 6 atom stereocenters. The van der Waals surface area contributed by atoms with Gasteiger partial charge in [-0.15, -0.1) is 0 Å². The fourth-order valence-corrected chi connectivity index (χ4v) is 6.35. The third-order valence-electron chi connectivity index (χ3n) is 8.27. The SMILES string of the molecule is CC1(C)[C@@H]2CC[C@@]1(C)[C@H]1O[C@H](O[C@H](C#N)COc3cccc4ccccc34)C[C@@H]21. The van der Waals surface area contributed by atoms with Gasteiger partial charge >= 0.3 is 0 Å². The molecular weight excluding hydrogens is 362 g/mol. The van der Waals surface area contributed by atoms with Crippen LogP contribution in [0.5, 0.6) is 5.75 Å². The Bertz CT molecular complexity index is 959. The van der Waals surface area contributed by atoms with E-state index in [0.717, 1.165) is 22.9 Å². The molecule has 0 N–H and O–H groups in total. The summed E-state index contributed by atoms with van der Waals surface area (Å²) in [5, 5.41) is 11.8. The van der Waals surface area contributed by atoms with E-state index in [-0.39, 0.29) is 24.4 Å². The fraction of sp³-hybridized carbons (Fsp3) is 0.560. The summed E-state index contributed by atoms with van der Waals surface area (Å²) in [6.07, 6.45) is 2.70. The number of fused-ring (bicyclic) bond motifs is 6. The molecule has 3 aliphatic rings. The van der Waals surface area contributed by atoms with Gasteiger partial charge in [-0.3, -0.25) is 0 Å². The maximum Gasteiger partial charge on any atom is 0.180 e. The van der Waals surface area contributed by atoms with Crippen molar-refractivity contribution >= 4 is 10.8 Å². The van der Waals surface area contributed by atoms with E-state index in [0.29, 0.717) is 17.3 Å². The number of hydrogen-bond donors (Lipinski definition) is 0. The third kappa shape index (κ3) is 2.79. The topological polar surface area (TPSA) is 51.5 Å². The molecule has 1 aliphatic heterocycles. The number of benzene rings is 2. The molecule has 2 aromatic rings. The predicted octanol–water partition coefficient (Wildman–Crippen LogP) is 5.31. The second kappa shape index (κ2) is 6.72. The van der Waals surface area contributed by atoms with Gasteiger partial charge in [-0.05, 0) is 47.0 Å². The average molecular weight is 392 g/mol. The van der Waals surface area contributed by atoms with Crippen molar-refractivity contribution in [3.05, 3.63) is 42.5 Å². The van der Waals surface area contributed by atoms with E-state index in [1.807, 2.05) is 30.3 Å². The maximum atomic E-state index is 9.62. The van der Waals surface area contributed by atoms with Crippen LogP contribution >= 0.6 is 0 Å². The van der Waals surface area contributed by atoms with E-state index < -0.39 is 6.10 Å². The molecule has 0 spiro atoms. The van der Waals surface area contributed by atoms with Crippen molar-refractivity contribution in [1.29, 1.82) is 5.26 Å². The zero-order valence-corrected chi connectivity index (χ0v) is 17.4. The minimum absolute atomic E-state index is 0.200. The molecule has 5 rings (SSSR count). The number of hydrogen-bond acceptors (Lipinski definition) is 4. The van der Waals surface area contributed by atoms with Crippen LogP contribution in [0.4, 0.5) is 0 Å². The highest BCUT2D eigenvalue weighted by molar-refractivity contribution is 5.88. The number of ether oxygens (including phenoxy) is 3. The van der Waals surface area contributed by atoms with Gasteiger partial charge < -0.3 is 14.2 Å². The highest BCUT2D eigenvalue weighted by Crippen LogP contribution is 2.71.